The summed E-state index contributed by atoms with van der Waals surface area (Å²) in [6, 6.07) is 0. The van der Waals surface area contributed by atoms with Crippen LogP contribution in [0.25, 0.3) is 0 Å². The van der Waals surface area contributed by atoms with Crippen molar-refractivity contribution in [1.29, 1.82) is 0 Å². The molecule has 0 aromatic rings. The lowest BCUT2D eigenvalue weighted by Crippen LogP contribution is -2.14. The number of aliphatic carboxylic acids is 1. The average Bonchev–Trinajstić information content (AvgIpc) is 2.90. The summed E-state index contributed by atoms with van der Waals surface area (Å²) in [6.45, 7) is 4.31. The molecule has 230 valence electrons. The number of hydrogen-bond acceptors (Lipinski definition) is 3. The number of allylic oxidation sites excluding steroid dienone is 2. The van der Waals surface area contributed by atoms with E-state index in [1.54, 1.807) is 0 Å². The van der Waals surface area contributed by atoms with Crippen LogP contribution in [-0.4, -0.2) is 23.1 Å². The molecule has 4 heteroatoms. The molecular formula is C35H66O4. The molecule has 0 fully saturated rings. The molecule has 0 radical (unpaired) electrons. The van der Waals surface area contributed by atoms with E-state index >= 15 is 0 Å². The second-order valence-corrected chi connectivity index (χ2v) is 11.8. The SMILES string of the molecule is CCCCCC/C=C\CCCCCCCCC(=O)OC(C)CCCCCCCCCCCCCCCC(=O)O. The molecule has 0 spiro atoms. The number of hydrogen-bond donors (Lipinski definition) is 1. The van der Waals surface area contributed by atoms with E-state index in [0.29, 0.717) is 12.8 Å². The van der Waals surface area contributed by atoms with Crippen LogP contribution in [0, 0.1) is 0 Å². The van der Waals surface area contributed by atoms with Gasteiger partial charge in [0.25, 0.3) is 0 Å². The monoisotopic (exact) mass is 550 g/mol. The maximum atomic E-state index is 12.1. The van der Waals surface area contributed by atoms with Crippen molar-refractivity contribution in [1.82, 2.24) is 0 Å². The van der Waals surface area contributed by atoms with Crippen LogP contribution in [0.2, 0.25) is 0 Å². The van der Waals surface area contributed by atoms with Gasteiger partial charge in [-0.3, -0.25) is 9.59 Å². The Morgan fingerprint density at radius 1 is 0.564 bits per heavy atom. The maximum Gasteiger partial charge on any atom is 0.306 e. The highest BCUT2D eigenvalue weighted by atomic mass is 16.5. The standard InChI is InChI=1S/C35H66O4/c1-3-4-5-6-7-8-9-10-14-17-20-23-26-29-32-35(38)39-33(2)30-27-24-21-18-15-12-11-13-16-19-22-25-28-31-34(36)37/h8-9,33H,3-7,10-32H2,1-2H3,(H,36,37)/b9-8-. The number of carbonyl (C=O) groups excluding carboxylic acids is 1. The molecule has 0 rings (SSSR count). The highest BCUT2D eigenvalue weighted by Gasteiger charge is 2.09. The van der Waals surface area contributed by atoms with Gasteiger partial charge in [-0.2, -0.15) is 0 Å². The van der Waals surface area contributed by atoms with Gasteiger partial charge in [0.1, 0.15) is 0 Å². The molecule has 1 N–H and O–H groups in total. The Bertz CT molecular complexity index is 557. The molecule has 0 aliphatic rings. The van der Waals surface area contributed by atoms with Crippen molar-refractivity contribution in [2.75, 3.05) is 0 Å². The average molecular weight is 551 g/mol. The van der Waals surface area contributed by atoms with Gasteiger partial charge in [-0.25, -0.2) is 0 Å². The second kappa shape index (κ2) is 31.2. The molecule has 4 nitrogen and oxygen atoms in total. The third kappa shape index (κ3) is 32.8. The Morgan fingerprint density at radius 3 is 1.41 bits per heavy atom. The zero-order valence-corrected chi connectivity index (χ0v) is 26.2. The molecule has 0 heterocycles. The van der Waals surface area contributed by atoms with E-state index in [9.17, 15) is 9.59 Å². The summed E-state index contributed by atoms with van der Waals surface area (Å²) >= 11 is 0. The summed E-state index contributed by atoms with van der Waals surface area (Å²) in [5.74, 6) is -0.677. The number of rotatable bonds is 31. The zero-order valence-electron chi connectivity index (χ0n) is 26.2. The molecule has 39 heavy (non-hydrogen) atoms. The van der Waals surface area contributed by atoms with Crippen molar-refractivity contribution >= 4 is 11.9 Å². The van der Waals surface area contributed by atoms with Gasteiger partial charge in [0.2, 0.25) is 0 Å². The maximum absolute atomic E-state index is 12.1. The van der Waals surface area contributed by atoms with Crippen LogP contribution in [0.5, 0.6) is 0 Å². The fraction of sp³-hybridized carbons (Fsp3) is 0.886. The van der Waals surface area contributed by atoms with Crippen LogP contribution in [-0.2, 0) is 14.3 Å². The molecule has 0 saturated heterocycles. The van der Waals surface area contributed by atoms with Crippen LogP contribution >= 0.6 is 0 Å². The third-order valence-electron chi connectivity index (χ3n) is 7.73. The molecule has 0 aromatic heterocycles. The molecule has 0 aromatic carbocycles. The number of carboxylic acid groups (broad SMARTS) is 1. The van der Waals surface area contributed by atoms with Crippen LogP contribution in [0.3, 0.4) is 0 Å². The van der Waals surface area contributed by atoms with E-state index in [1.165, 1.54) is 128 Å². The largest absolute Gasteiger partial charge is 0.481 e. The van der Waals surface area contributed by atoms with E-state index in [-0.39, 0.29) is 12.1 Å². The van der Waals surface area contributed by atoms with Gasteiger partial charge in [-0.05, 0) is 58.3 Å². The first-order valence-electron chi connectivity index (χ1n) is 17.1. The van der Waals surface area contributed by atoms with Crippen molar-refractivity contribution in [3.63, 3.8) is 0 Å². The highest BCUT2D eigenvalue weighted by Crippen LogP contribution is 2.15. The van der Waals surface area contributed by atoms with Gasteiger partial charge in [0.15, 0.2) is 0 Å². The summed E-state index contributed by atoms with van der Waals surface area (Å²) in [5.41, 5.74) is 0. The first-order valence-corrected chi connectivity index (χ1v) is 17.1. The van der Waals surface area contributed by atoms with Crippen LogP contribution < -0.4 is 0 Å². The van der Waals surface area contributed by atoms with E-state index < -0.39 is 5.97 Å². The molecule has 1 unspecified atom stereocenters. The Labute approximate surface area is 243 Å². The summed E-state index contributed by atoms with van der Waals surface area (Å²) in [5, 5.41) is 8.63. The number of esters is 1. The second-order valence-electron chi connectivity index (χ2n) is 11.8. The summed E-state index contributed by atoms with van der Waals surface area (Å²) in [4.78, 5) is 22.6. The number of carboxylic acids is 1. The van der Waals surface area contributed by atoms with Gasteiger partial charge in [0, 0.05) is 12.8 Å². The van der Waals surface area contributed by atoms with E-state index in [4.69, 9.17) is 9.84 Å². The minimum absolute atomic E-state index is 0.00756. The van der Waals surface area contributed by atoms with Gasteiger partial charge < -0.3 is 9.84 Å². The van der Waals surface area contributed by atoms with Crippen molar-refractivity contribution in [2.24, 2.45) is 0 Å². The van der Waals surface area contributed by atoms with E-state index in [0.717, 1.165) is 38.5 Å². The first kappa shape index (κ1) is 37.7. The minimum Gasteiger partial charge on any atom is -0.481 e. The number of ether oxygens (including phenoxy) is 1. The van der Waals surface area contributed by atoms with Crippen LogP contribution in [0.4, 0.5) is 0 Å². The Kier molecular flexibility index (Phi) is 30.2. The van der Waals surface area contributed by atoms with Gasteiger partial charge in [-0.15, -0.1) is 0 Å². The van der Waals surface area contributed by atoms with Crippen molar-refractivity contribution in [3.8, 4) is 0 Å². The highest BCUT2D eigenvalue weighted by molar-refractivity contribution is 5.69. The first-order chi connectivity index (χ1) is 19.1. The normalized spacial score (nSPS) is 12.3. The zero-order chi connectivity index (χ0) is 28.7. The summed E-state index contributed by atoms with van der Waals surface area (Å²) in [6.07, 6.45) is 37.7. The predicted molar refractivity (Wildman–Crippen MR) is 167 cm³/mol. The minimum atomic E-state index is -0.669. The summed E-state index contributed by atoms with van der Waals surface area (Å²) in [7, 11) is 0. The molecule has 0 aliphatic carbocycles. The quantitative estimate of drug-likeness (QED) is 0.0529. The van der Waals surface area contributed by atoms with Gasteiger partial charge in [-0.1, -0.05) is 135 Å². The van der Waals surface area contributed by atoms with E-state index in [1.807, 2.05) is 6.92 Å². The Morgan fingerprint density at radius 2 is 0.949 bits per heavy atom. The Hall–Kier alpha value is -1.32. The van der Waals surface area contributed by atoms with Crippen molar-refractivity contribution in [3.05, 3.63) is 12.2 Å². The molecule has 0 bridgehead atoms. The lowest BCUT2D eigenvalue weighted by molar-refractivity contribution is -0.148. The topological polar surface area (TPSA) is 63.6 Å². The fourth-order valence-corrected chi connectivity index (χ4v) is 5.16. The Balaban J connectivity index is 3.32. The van der Waals surface area contributed by atoms with Crippen LogP contribution in [0.1, 0.15) is 194 Å². The molecule has 0 amide bonds. The van der Waals surface area contributed by atoms with E-state index in [2.05, 4.69) is 19.1 Å². The van der Waals surface area contributed by atoms with Crippen LogP contribution in [0.15, 0.2) is 12.2 Å². The molecule has 0 saturated carbocycles. The van der Waals surface area contributed by atoms with Gasteiger partial charge >= 0.3 is 11.9 Å². The van der Waals surface area contributed by atoms with Crippen molar-refractivity contribution in [2.45, 2.75) is 200 Å². The lowest BCUT2D eigenvalue weighted by atomic mass is 10.0. The van der Waals surface area contributed by atoms with Crippen molar-refractivity contribution < 1.29 is 19.4 Å². The van der Waals surface area contributed by atoms with Gasteiger partial charge in [0.05, 0.1) is 6.10 Å². The number of unbranched alkanes of at least 4 members (excludes halogenated alkanes) is 22. The molecule has 0 aliphatic heterocycles. The summed E-state index contributed by atoms with van der Waals surface area (Å²) < 4.78 is 5.62. The smallest absolute Gasteiger partial charge is 0.306 e. The molecule has 1 atom stereocenters. The molecular weight excluding hydrogens is 484 g/mol. The fourth-order valence-electron chi connectivity index (χ4n) is 5.16. The predicted octanol–water partition coefficient (Wildman–Crippen LogP) is 11.5. The number of carbonyl (C=O) groups is 2. The lowest BCUT2D eigenvalue weighted by Gasteiger charge is -2.13. The third-order valence-corrected chi connectivity index (χ3v) is 7.73.